The summed E-state index contributed by atoms with van der Waals surface area (Å²) < 4.78 is 0.131. The Morgan fingerprint density at radius 3 is 2.60 bits per heavy atom. The lowest BCUT2D eigenvalue weighted by atomic mass is 9.83. The minimum absolute atomic E-state index is 0.131. The summed E-state index contributed by atoms with van der Waals surface area (Å²) in [5.74, 6) is 1.43. The molecule has 1 aliphatic carbocycles. The molecule has 0 aromatic rings. The van der Waals surface area contributed by atoms with Gasteiger partial charge in [0, 0.05) is 24.1 Å². The monoisotopic (exact) mass is 159 g/mol. The Bertz CT molecular complexity index is 139. The molecule has 0 unspecified atom stereocenters. The Balaban J connectivity index is 2.39. The topological polar surface area (TPSA) is 43.1 Å². The third-order valence-corrected chi connectivity index (χ3v) is 3.22. The molecule has 0 aromatic heterocycles. The zero-order chi connectivity index (χ0) is 7.61. The Kier molecular flexibility index (Phi) is 2.36. The lowest BCUT2D eigenvalue weighted by Gasteiger charge is -2.38. The molecular formula is C7H13NOS. The molecular weight excluding hydrogens is 146 g/mol. The van der Waals surface area contributed by atoms with E-state index in [1.165, 1.54) is 0 Å². The first-order valence-corrected chi connectivity index (χ1v) is 4.57. The van der Waals surface area contributed by atoms with Gasteiger partial charge in [-0.05, 0) is 5.75 Å². The zero-order valence-electron chi connectivity index (χ0n) is 6.22. The van der Waals surface area contributed by atoms with Crippen LogP contribution < -0.4 is 5.73 Å². The molecule has 0 aromatic carbocycles. The van der Waals surface area contributed by atoms with E-state index in [2.05, 4.69) is 6.92 Å². The Morgan fingerprint density at radius 1 is 1.70 bits per heavy atom. The van der Waals surface area contributed by atoms with Crippen LogP contribution in [0.1, 0.15) is 19.8 Å². The average Bonchev–Trinajstić information content (AvgIpc) is 1.84. The first kappa shape index (κ1) is 8.08. The van der Waals surface area contributed by atoms with Crippen molar-refractivity contribution in [3.05, 3.63) is 0 Å². The first-order chi connectivity index (χ1) is 4.72. The van der Waals surface area contributed by atoms with Crippen LogP contribution in [0.3, 0.4) is 0 Å². The van der Waals surface area contributed by atoms with E-state index in [-0.39, 0.29) is 4.75 Å². The van der Waals surface area contributed by atoms with Gasteiger partial charge in [0.25, 0.3) is 0 Å². The molecule has 0 atom stereocenters. The number of ketones is 1. The molecule has 1 aliphatic rings. The lowest BCUT2D eigenvalue weighted by Crippen LogP contribution is -2.47. The summed E-state index contributed by atoms with van der Waals surface area (Å²) in [5, 5.41) is 0. The minimum atomic E-state index is 0.131. The molecule has 1 rings (SSSR count). The van der Waals surface area contributed by atoms with Gasteiger partial charge in [0.1, 0.15) is 5.78 Å². The SMILES string of the molecule is CCSC1(CN)CC(=O)C1. The summed E-state index contributed by atoms with van der Waals surface area (Å²) in [6, 6.07) is 0. The molecule has 2 nitrogen and oxygen atoms in total. The van der Waals surface area contributed by atoms with Gasteiger partial charge in [-0.25, -0.2) is 0 Å². The molecule has 58 valence electrons. The lowest BCUT2D eigenvalue weighted by molar-refractivity contribution is -0.125. The van der Waals surface area contributed by atoms with Crippen molar-refractivity contribution in [1.29, 1.82) is 0 Å². The van der Waals surface area contributed by atoms with Crippen LogP contribution in [0.2, 0.25) is 0 Å². The van der Waals surface area contributed by atoms with Crippen LogP contribution in [-0.2, 0) is 4.79 Å². The van der Waals surface area contributed by atoms with Gasteiger partial charge in [-0.2, -0.15) is 11.8 Å². The predicted octanol–water partition coefficient (Wildman–Crippen LogP) is 0.800. The molecule has 1 fully saturated rings. The molecule has 1 saturated carbocycles. The number of hydrogen-bond acceptors (Lipinski definition) is 3. The van der Waals surface area contributed by atoms with E-state index < -0.39 is 0 Å². The molecule has 3 heteroatoms. The van der Waals surface area contributed by atoms with Crippen molar-refractivity contribution >= 4 is 17.5 Å². The van der Waals surface area contributed by atoms with Gasteiger partial charge in [0.05, 0.1) is 0 Å². The number of thioether (sulfide) groups is 1. The normalized spacial score (nSPS) is 22.4. The Labute approximate surface area is 65.5 Å². The van der Waals surface area contributed by atoms with Gasteiger partial charge in [0.15, 0.2) is 0 Å². The van der Waals surface area contributed by atoms with Crippen molar-refractivity contribution < 1.29 is 4.79 Å². The zero-order valence-corrected chi connectivity index (χ0v) is 7.04. The third kappa shape index (κ3) is 1.35. The minimum Gasteiger partial charge on any atom is -0.329 e. The van der Waals surface area contributed by atoms with E-state index in [0.29, 0.717) is 25.2 Å². The summed E-state index contributed by atoms with van der Waals surface area (Å²) in [6.07, 6.45) is 1.39. The number of nitrogens with two attached hydrogens (primary N) is 1. The van der Waals surface area contributed by atoms with E-state index in [1.54, 1.807) is 0 Å². The second kappa shape index (κ2) is 2.93. The summed E-state index contributed by atoms with van der Waals surface area (Å²) in [4.78, 5) is 10.7. The van der Waals surface area contributed by atoms with Crippen molar-refractivity contribution in [3.63, 3.8) is 0 Å². The number of hydrogen-bond donors (Lipinski definition) is 1. The number of Topliss-reactive ketones (excluding diaryl/α,β-unsaturated/α-hetero) is 1. The van der Waals surface area contributed by atoms with Gasteiger partial charge in [0.2, 0.25) is 0 Å². The van der Waals surface area contributed by atoms with Gasteiger partial charge in [-0.1, -0.05) is 6.92 Å². The fraction of sp³-hybridized carbons (Fsp3) is 0.857. The second-order valence-electron chi connectivity index (χ2n) is 2.71. The molecule has 0 bridgehead atoms. The van der Waals surface area contributed by atoms with Crippen molar-refractivity contribution in [2.24, 2.45) is 5.73 Å². The maximum absolute atomic E-state index is 10.7. The number of rotatable bonds is 3. The summed E-state index contributed by atoms with van der Waals surface area (Å²) in [6.45, 7) is 2.75. The van der Waals surface area contributed by atoms with Gasteiger partial charge in [-0.15, -0.1) is 0 Å². The second-order valence-corrected chi connectivity index (χ2v) is 4.44. The number of carbonyl (C=O) groups is 1. The van der Waals surface area contributed by atoms with E-state index in [0.717, 1.165) is 5.75 Å². The third-order valence-electron chi connectivity index (χ3n) is 1.86. The van der Waals surface area contributed by atoms with Crippen LogP contribution in [0.25, 0.3) is 0 Å². The highest BCUT2D eigenvalue weighted by molar-refractivity contribution is 8.00. The van der Waals surface area contributed by atoms with Crippen molar-refractivity contribution in [1.82, 2.24) is 0 Å². The van der Waals surface area contributed by atoms with Crippen LogP contribution in [0.4, 0.5) is 0 Å². The summed E-state index contributed by atoms with van der Waals surface area (Å²) in [7, 11) is 0. The van der Waals surface area contributed by atoms with Crippen LogP contribution >= 0.6 is 11.8 Å². The van der Waals surface area contributed by atoms with Gasteiger partial charge >= 0.3 is 0 Å². The first-order valence-electron chi connectivity index (χ1n) is 3.58. The van der Waals surface area contributed by atoms with Crippen LogP contribution in [-0.4, -0.2) is 22.8 Å². The van der Waals surface area contributed by atoms with Crippen LogP contribution in [0, 0.1) is 0 Å². The van der Waals surface area contributed by atoms with Crippen molar-refractivity contribution in [2.45, 2.75) is 24.5 Å². The van der Waals surface area contributed by atoms with E-state index >= 15 is 0 Å². The molecule has 0 radical (unpaired) electrons. The van der Waals surface area contributed by atoms with E-state index in [9.17, 15) is 4.79 Å². The highest BCUT2D eigenvalue weighted by Gasteiger charge is 2.42. The average molecular weight is 159 g/mol. The highest BCUT2D eigenvalue weighted by atomic mass is 32.2. The maximum atomic E-state index is 10.7. The molecule has 0 amide bonds. The molecule has 2 N–H and O–H groups in total. The molecule has 0 saturated heterocycles. The van der Waals surface area contributed by atoms with Crippen molar-refractivity contribution in [3.8, 4) is 0 Å². The predicted molar refractivity (Wildman–Crippen MR) is 44.2 cm³/mol. The van der Waals surface area contributed by atoms with Crippen molar-refractivity contribution in [2.75, 3.05) is 12.3 Å². The standard InChI is InChI=1S/C7H13NOS/c1-2-10-7(5-8)3-6(9)4-7/h2-5,8H2,1H3. The van der Waals surface area contributed by atoms with Crippen LogP contribution in [0.5, 0.6) is 0 Å². The smallest absolute Gasteiger partial charge is 0.135 e. The largest absolute Gasteiger partial charge is 0.329 e. The Morgan fingerprint density at radius 2 is 2.30 bits per heavy atom. The highest BCUT2D eigenvalue weighted by Crippen LogP contribution is 2.40. The molecule has 0 aliphatic heterocycles. The fourth-order valence-corrected chi connectivity index (χ4v) is 2.53. The molecule has 0 spiro atoms. The molecule has 10 heavy (non-hydrogen) atoms. The van der Waals surface area contributed by atoms with Crippen LogP contribution in [0.15, 0.2) is 0 Å². The van der Waals surface area contributed by atoms with E-state index in [1.807, 2.05) is 11.8 Å². The quantitative estimate of drug-likeness (QED) is 0.662. The summed E-state index contributed by atoms with van der Waals surface area (Å²) >= 11 is 1.82. The summed E-state index contributed by atoms with van der Waals surface area (Å²) in [5.41, 5.74) is 5.54. The van der Waals surface area contributed by atoms with Gasteiger partial charge in [-0.3, -0.25) is 4.79 Å². The fourth-order valence-electron chi connectivity index (χ4n) is 1.28. The molecule has 0 heterocycles. The van der Waals surface area contributed by atoms with E-state index in [4.69, 9.17) is 5.73 Å². The number of carbonyl (C=O) groups excluding carboxylic acids is 1. The Hall–Kier alpha value is -0.0200. The van der Waals surface area contributed by atoms with Gasteiger partial charge < -0.3 is 5.73 Å². The maximum Gasteiger partial charge on any atom is 0.135 e.